The molecule has 0 saturated carbocycles. The first kappa shape index (κ1) is 26.1. The highest BCUT2D eigenvalue weighted by molar-refractivity contribution is 7.98. The van der Waals surface area contributed by atoms with E-state index < -0.39 is 10.0 Å². The van der Waals surface area contributed by atoms with Crippen molar-refractivity contribution in [2.75, 3.05) is 23.1 Å². The minimum absolute atomic E-state index is 0.161. The Morgan fingerprint density at radius 2 is 1.76 bits per heavy atom. The summed E-state index contributed by atoms with van der Waals surface area (Å²) in [6, 6.07) is 21.7. The molecule has 34 heavy (non-hydrogen) atoms. The first-order valence-electron chi connectivity index (χ1n) is 11.1. The molecule has 0 aliphatic carbocycles. The van der Waals surface area contributed by atoms with E-state index in [1.165, 1.54) is 4.31 Å². The number of hydrogen-bond donors (Lipinski definition) is 1. The maximum atomic E-state index is 13.5. The van der Waals surface area contributed by atoms with Gasteiger partial charge in [0.15, 0.2) is 0 Å². The average Bonchev–Trinajstić information content (AvgIpc) is 2.82. The van der Waals surface area contributed by atoms with Gasteiger partial charge in [0.25, 0.3) is 10.0 Å². The van der Waals surface area contributed by atoms with Crippen molar-refractivity contribution < 1.29 is 13.2 Å². The summed E-state index contributed by atoms with van der Waals surface area (Å²) in [6.45, 7) is 4.02. The van der Waals surface area contributed by atoms with Gasteiger partial charge in [-0.25, -0.2) is 8.42 Å². The first-order chi connectivity index (χ1) is 16.3. The molecule has 3 rings (SSSR count). The third-order valence-electron chi connectivity index (χ3n) is 5.26. The highest BCUT2D eigenvalue weighted by Gasteiger charge is 2.28. The van der Waals surface area contributed by atoms with Gasteiger partial charge in [0.2, 0.25) is 5.91 Å². The Labute approximate surface area is 211 Å². The fourth-order valence-corrected chi connectivity index (χ4v) is 5.93. The highest BCUT2D eigenvalue weighted by atomic mass is 35.5. The van der Waals surface area contributed by atoms with Crippen molar-refractivity contribution in [3.05, 3.63) is 94.5 Å². The molecule has 1 amide bonds. The van der Waals surface area contributed by atoms with E-state index in [4.69, 9.17) is 11.6 Å². The molecule has 0 atom stereocenters. The van der Waals surface area contributed by atoms with Crippen LogP contribution in [0.15, 0.2) is 77.7 Å². The summed E-state index contributed by atoms with van der Waals surface area (Å²) in [6.07, 6.45) is 0.651. The monoisotopic (exact) mass is 516 g/mol. The molecule has 0 unspecified atom stereocenters. The lowest BCUT2D eigenvalue weighted by atomic mass is 10.1. The number of para-hydroxylation sites is 1. The van der Waals surface area contributed by atoms with E-state index in [1.807, 2.05) is 50.2 Å². The lowest BCUT2D eigenvalue weighted by Crippen LogP contribution is -2.41. The highest BCUT2D eigenvalue weighted by Crippen LogP contribution is 2.27. The van der Waals surface area contributed by atoms with Crippen LogP contribution in [0, 0.1) is 6.92 Å². The number of hydrogen-bond acceptors (Lipinski definition) is 4. The molecule has 0 heterocycles. The first-order valence-corrected chi connectivity index (χ1v) is 14.0. The summed E-state index contributed by atoms with van der Waals surface area (Å²) >= 11 is 7.69. The van der Waals surface area contributed by atoms with Gasteiger partial charge >= 0.3 is 0 Å². The number of carbonyl (C=O) groups is 1. The minimum atomic E-state index is -3.92. The molecule has 1 N–H and O–H groups in total. The second-order valence-corrected chi connectivity index (χ2v) is 11.2. The van der Waals surface area contributed by atoms with E-state index in [9.17, 15) is 13.2 Å². The van der Waals surface area contributed by atoms with Gasteiger partial charge in [-0.1, -0.05) is 66.6 Å². The Kier molecular flexibility index (Phi) is 9.45. The largest absolute Gasteiger partial charge is 0.354 e. The van der Waals surface area contributed by atoms with Gasteiger partial charge in [0.1, 0.15) is 6.54 Å². The zero-order valence-corrected chi connectivity index (χ0v) is 21.7. The Morgan fingerprint density at radius 1 is 1.03 bits per heavy atom. The minimum Gasteiger partial charge on any atom is -0.354 e. The van der Waals surface area contributed by atoms with E-state index in [1.54, 1.807) is 48.2 Å². The number of nitrogens with zero attached hydrogens (tertiary/aromatic N) is 1. The summed E-state index contributed by atoms with van der Waals surface area (Å²) < 4.78 is 28.3. The number of thioether (sulfide) groups is 1. The van der Waals surface area contributed by atoms with Gasteiger partial charge in [-0.3, -0.25) is 9.10 Å². The fourth-order valence-electron chi connectivity index (χ4n) is 3.46. The smallest absolute Gasteiger partial charge is 0.264 e. The topological polar surface area (TPSA) is 66.5 Å². The van der Waals surface area contributed by atoms with Gasteiger partial charge in [0, 0.05) is 23.1 Å². The molecule has 8 heteroatoms. The van der Waals surface area contributed by atoms with E-state index in [2.05, 4.69) is 5.32 Å². The molecular formula is C26H29ClN2O3S2. The van der Waals surface area contributed by atoms with Crippen molar-refractivity contribution in [1.82, 2.24) is 5.32 Å². The summed E-state index contributed by atoms with van der Waals surface area (Å²) in [5.74, 6) is 1.15. The van der Waals surface area contributed by atoms with Gasteiger partial charge < -0.3 is 5.32 Å². The Balaban J connectivity index is 1.69. The van der Waals surface area contributed by atoms with E-state index >= 15 is 0 Å². The van der Waals surface area contributed by atoms with Crippen molar-refractivity contribution >= 4 is 45.0 Å². The van der Waals surface area contributed by atoms with Crippen molar-refractivity contribution in [3.63, 3.8) is 0 Å². The number of rotatable bonds is 11. The number of carbonyl (C=O) groups excluding carboxylic acids is 1. The summed E-state index contributed by atoms with van der Waals surface area (Å²) in [4.78, 5) is 13.0. The molecule has 180 valence electrons. The normalized spacial score (nSPS) is 11.3. The molecule has 0 radical (unpaired) electrons. The van der Waals surface area contributed by atoms with Crippen LogP contribution in [0.25, 0.3) is 0 Å². The number of anilines is 1. The molecule has 0 spiro atoms. The maximum Gasteiger partial charge on any atom is 0.264 e. The van der Waals surface area contributed by atoms with Crippen molar-refractivity contribution in [1.29, 1.82) is 0 Å². The van der Waals surface area contributed by atoms with E-state index in [0.29, 0.717) is 29.4 Å². The van der Waals surface area contributed by atoms with Crippen LogP contribution in [0.1, 0.15) is 23.6 Å². The molecule has 3 aromatic rings. The van der Waals surface area contributed by atoms with E-state index in [-0.39, 0.29) is 17.3 Å². The Hall–Kier alpha value is -2.48. The van der Waals surface area contributed by atoms with Crippen LogP contribution in [0.3, 0.4) is 0 Å². The van der Waals surface area contributed by atoms with Crippen LogP contribution >= 0.6 is 23.4 Å². The van der Waals surface area contributed by atoms with Gasteiger partial charge in [-0.15, -0.1) is 0 Å². The van der Waals surface area contributed by atoms with Crippen LogP contribution < -0.4 is 9.62 Å². The van der Waals surface area contributed by atoms with E-state index in [0.717, 1.165) is 22.4 Å². The zero-order chi connectivity index (χ0) is 24.6. The molecule has 0 saturated heterocycles. The third-order valence-corrected chi connectivity index (χ3v) is 8.30. The number of benzene rings is 3. The number of nitrogens with one attached hydrogen (secondary N) is 1. The molecule has 0 aromatic heterocycles. The van der Waals surface area contributed by atoms with Crippen LogP contribution in [0.5, 0.6) is 0 Å². The molecule has 0 aliphatic heterocycles. The van der Waals surface area contributed by atoms with Crippen molar-refractivity contribution in [2.24, 2.45) is 0 Å². The second-order valence-electron chi connectivity index (χ2n) is 7.84. The molecule has 0 bridgehead atoms. The molecule has 0 aliphatic rings. The van der Waals surface area contributed by atoms with Gasteiger partial charge in [0.05, 0.1) is 10.6 Å². The van der Waals surface area contributed by atoms with Crippen LogP contribution in [0.2, 0.25) is 5.02 Å². The lowest BCUT2D eigenvalue weighted by molar-refractivity contribution is -0.119. The quantitative estimate of drug-likeness (QED) is 0.344. The maximum absolute atomic E-state index is 13.5. The third kappa shape index (κ3) is 7.01. The van der Waals surface area contributed by atoms with Crippen molar-refractivity contribution in [3.8, 4) is 0 Å². The number of amides is 1. The number of aryl methyl sites for hydroxylation is 2. The van der Waals surface area contributed by atoms with Crippen LogP contribution in [-0.4, -0.2) is 33.2 Å². The summed E-state index contributed by atoms with van der Waals surface area (Å²) in [5.41, 5.74) is 3.47. The molecule has 5 nitrogen and oxygen atoms in total. The average molecular weight is 517 g/mol. The fraction of sp³-hybridized carbons (Fsp3) is 0.269. The Bertz CT molecular complexity index is 1210. The standard InChI is InChI=1S/C26H29ClN2O3S2/c1-3-22-8-4-5-10-25(22)29(34(31,32)24-13-11-20(2)12-14-24)18-26(30)28-15-16-33-19-21-7-6-9-23(27)17-21/h4-14,17H,3,15-16,18-19H2,1-2H3,(H,28,30). The molecule has 0 fully saturated rings. The summed E-state index contributed by atoms with van der Waals surface area (Å²) in [5, 5.41) is 3.56. The predicted octanol–water partition coefficient (Wildman–Crippen LogP) is 5.46. The van der Waals surface area contributed by atoms with Crippen molar-refractivity contribution in [2.45, 2.75) is 30.9 Å². The predicted molar refractivity (Wildman–Crippen MR) is 142 cm³/mol. The lowest BCUT2D eigenvalue weighted by Gasteiger charge is -2.26. The van der Waals surface area contributed by atoms with Crippen LogP contribution in [-0.2, 0) is 27.0 Å². The molecule has 3 aromatic carbocycles. The number of halogens is 1. The number of sulfonamides is 1. The van der Waals surface area contributed by atoms with Gasteiger partial charge in [-0.05, 0) is 54.8 Å². The SMILES string of the molecule is CCc1ccccc1N(CC(=O)NCCSCc1cccc(Cl)c1)S(=O)(=O)c1ccc(C)cc1. The van der Waals surface area contributed by atoms with Gasteiger partial charge in [-0.2, -0.15) is 11.8 Å². The summed E-state index contributed by atoms with van der Waals surface area (Å²) in [7, 11) is -3.92. The zero-order valence-electron chi connectivity index (χ0n) is 19.3. The van der Waals surface area contributed by atoms with Crippen LogP contribution in [0.4, 0.5) is 5.69 Å². The second kappa shape index (κ2) is 12.3. The Morgan fingerprint density at radius 3 is 2.47 bits per heavy atom. The molecular weight excluding hydrogens is 488 g/mol.